The van der Waals surface area contributed by atoms with E-state index in [9.17, 15) is 38.4 Å². The second-order valence-electron chi connectivity index (χ2n) is 24.5. The van der Waals surface area contributed by atoms with Gasteiger partial charge >= 0.3 is 23.9 Å². The highest BCUT2D eigenvalue weighted by atomic mass is 35.5. The molecule has 3 atom stereocenters. The molecule has 0 aromatic heterocycles. The van der Waals surface area contributed by atoms with Crippen LogP contribution in [0.5, 0.6) is 17.2 Å². The summed E-state index contributed by atoms with van der Waals surface area (Å²) in [5, 5.41) is 17.8. The minimum Gasteiger partial charge on any atom is -0.478 e. The molecule has 26 nitrogen and oxygen atoms in total. The molecule has 3 aliphatic rings. The van der Waals surface area contributed by atoms with Gasteiger partial charge in [-0.15, -0.1) is 11.6 Å². The van der Waals surface area contributed by atoms with Crippen LogP contribution in [0.25, 0.3) is 0 Å². The summed E-state index contributed by atoms with van der Waals surface area (Å²) >= 11 is 5.27. The molecule has 586 valence electrons. The Labute approximate surface area is 671 Å². The lowest BCUT2D eigenvalue weighted by Crippen LogP contribution is -2.09. The topological polar surface area (TPSA) is 387 Å². The number of esters is 2. The largest absolute Gasteiger partial charge is 0.478 e. The quantitative estimate of drug-likeness (QED) is 0.00883. The lowest BCUT2D eigenvalue weighted by molar-refractivity contribution is -0.121. The van der Waals surface area contributed by atoms with E-state index in [1.807, 2.05) is 97.1 Å². The van der Waals surface area contributed by atoms with Crippen LogP contribution in [0, 0.1) is 0 Å². The normalized spacial score (nSPS) is 13.9. The number of aromatic carboxylic acids is 2. The van der Waals surface area contributed by atoms with E-state index in [0.29, 0.717) is 91.8 Å². The van der Waals surface area contributed by atoms with Crippen LogP contribution in [-0.4, -0.2) is 154 Å². The summed E-state index contributed by atoms with van der Waals surface area (Å²) in [6.45, 7) is 3.89. The molecule has 0 aliphatic carbocycles. The van der Waals surface area contributed by atoms with Gasteiger partial charge in [0, 0.05) is 54.2 Å². The SMILES string of the molecule is ClCC1CO1.Nc1ccc(N)cc1.O=C(OCC1CO1)c1ccc(C=Nc2ccc(N=Cc3ccc(C(=O)OCC4CO4)cc3)cc2)cc1.O=COc1ccc(C=Nc2ccc(N=Cc3ccc(C(=O)O)cc3)cc2)cc1.O=COc1ccc(C=Nc2ccc(N=Cc3ccc(C(=O)O)cc3)cc2)cc1.O=COc1ccc(C=O)cc1. The Balaban J connectivity index is 0.000000174. The first kappa shape index (κ1) is 85.2. The number of ether oxygens (including phenoxy) is 8. The van der Waals surface area contributed by atoms with Crippen molar-refractivity contribution >= 4 is 144 Å². The zero-order chi connectivity index (χ0) is 82.1. The molecule has 11 aromatic carbocycles. The average Bonchev–Trinajstić information content (AvgIpc) is 1.05. The molecule has 0 spiro atoms. The third-order valence-corrected chi connectivity index (χ3v) is 16.1. The number of benzene rings is 11. The van der Waals surface area contributed by atoms with Gasteiger partial charge in [0.1, 0.15) is 49.0 Å². The number of aldehydes is 1. The predicted octanol–water partition coefficient (Wildman–Crippen LogP) is 15.7. The van der Waals surface area contributed by atoms with Crippen molar-refractivity contribution in [2.45, 2.75) is 18.3 Å². The standard InChI is InChI=1S/C28H24N2O6.2C22H16N2O4.C8H6O3.C6H8N2.C3H5ClO/c31-27(35-17-25-15-33-25)21-5-1-19(2-6-21)13-29-23-9-11-24(12-10-23)30-14-20-3-7-22(8-4-20)28(32)36-18-26-16-34-26;2*25-15-28-21-11-3-17(4-12-21)14-24-20-9-7-19(8-10-20)23-13-16-1-5-18(6-2-16)22(26)27;9-5-7-1-3-8(4-2-7)11-6-10;7-5-1-2-6(8)4-3-5;4-1-3-2-5-3/h1-14,25-26H,15-18H2;2*1-15H,(H,26,27);1-6H;1-4H,7-8H2;3H,1-2H2. The molecular formula is C89H75ClN8O18. The number of hydrogen-bond acceptors (Lipinski definition) is 24. The van der Waals surface area contributed by atoms with Crippen molar-refractivity contribution < 1.29 is 86.5 Å². The molecule has 0 radical (unpaired) electrons. The molecule has 14 rings (SSSR count). The van der Waals surface area contributed by atoms with Gasteiger partial charge in [0.2, 0.25) is 0 Å². The number of nitrogens with zero attached hydrogens (tertiary/aromatic N) is 6. The summed E-state index contributed by atoms with van der Waals surface area (Å²) in [5.74, 6) is -0.565. The number of carbonyl (C=O) groups is 8. The van der Waals surface area contributed by atoms with Crippen molar-refractivity contribution in [3.8, 4) is 17.2 Å². The number of carboxylic acids is 2. The smallest absolute Gasteiger partial charge is 0.338 e. The highest BCUT2D eigenvalue weighted by Gasteiger charge is 2.25. The molecule has 27 heteroatoms. The Morgan fingerprint density at radius 3 is 0.733 bits per heavy atom. The third kappa shape index (κ3) is 31.9. The summed E-state index contributed by atoms with van der Waals surface area (Å²) in [4.78, 5) is 113. The fourth-order valence-electron chi connectivity index (χ4n) is 9.14. The summed E-state index contributed by atoms with van der Waals surface area (Å²) in [6, 6.07) is 76.7. The number of hydrogen-bond donors (Lipinski definition) is 4. The number of epoxide rings is 3. The van der Waals surface area contributed by atoms with Gasteiger partial charge in [-0.05, 0) is 252 Å². The molecule has 11 aromatic rings. The molecule has 0 amide bonds. The maximum Gasteiger partial charge on any atom is 0.338 e. The number of carboxylic acid groups (broad SMARTS) is 2. The fraction of sp³-hybridized carbons (Fsp3) is 0.101. The van der Waals surface area contributed by atoms with Crippen molar-refractivity contribution in [2.75, 3.05) is 50.4 Å². The lowest BCUT2D eigenvalue weighted by Gasteiger charge is -2.03. The van der Waals surface area contributed by atoms with Gasteiger partial charge in [0.05, 0.1) is 88.2 Å². The molecule has 6 N–H and O–H groups in total. The molecule has 116 heavy (non-hydrogen) atoms. The van der Waals surface area contributed by atoms with Gasteiger partial charge < -0.3 is 59.6 Å². The second kappa shape index (κ2) is 46.1. The molecule has 3 saturated heterocycles. The van der Waals surface area contributed by atoms with E-state index in [1.54, 1.807) is 207 Å². The van der Waals surface area contributed by atoms with Gasteiger partial charge in [0.25, 0.3) is 19.4 Å². The number of halogens is 1. The number of nitrogen functional groups attached to an aromatic ring is 2. The summed E-state index contributed by atoms with van der Waals surface area (Å²) in [6.07, 6.45) is 11.5. The molecule has 3 unspecified atom stereocenters. The number of anilines is 2. The van der Waals surface area contributed by atoms with Gasteiger partial charge in [0.15, 0.2) is 0 Å². The molecule has 0 bridgehead atoms. The monoisotopic (exact) mass is 1580 g/mol. The van der Waals surface area contributed by atoms with Crippen LogP contribution in [0.15, 0.2) is 297 Å². The summed E-state index contributed by atoms with van der Waals surface area (Å²) in [5.41, 5.74) is 24.0. The first-order valence-corrected chi connectivity index (χ1v) is 35.9. The summed E-state index contributed by atoms with van der Waals surface area (Å²) in [7, 11) is 0. The molecule has 3 fully saturated rings. The van der Waals surface area contributed by atoms with E-state index in [-0.39, 0.29) is 35.3 Å². The fourth-order valence-corrected chi connectivity index (χ4v) is 9.32. The van der Waals surface area contributed by atoms with Crippen LogP contribution < -0.4 is 25.7 Å². The molecule has 3 heterocycles. The van der Waals surface area contributed by atoms with Gasteiger partial charge in [-0.2, -0.15) is 0 Å². The van der Waals surface area contributed by atoms with Crippen LogP contribution in [0.3, 0.4) is 0 Å². The predicted molar refractivity (Wildman–Crippen MR) is 443 cm³/mol. The highest BCUT2D eigenvalue weighted by molar-refractivity contribution is 6.18. The highest BCUT2D eigenvalue weighted by Crippen LogP contribution is 2.24. The molecular weight excluding hydrogens is 1500 g/mol. The van der Waals surface area contributed by atoms with E-state index < -0.39 is 11.9 Å². The van der Waals surface area contributed by atoms with Crippen LogP contribution in [0.4, 0.5) is 45.5 Å². The molecule has 0 saturated carbocycles. The Morgan fingerprint density at radius 2 is 0.543 bits per heavy atom. The first-order valence-electron chi connectivity index (χ1n) is 35.3. The maximum atomic E-state index is 12.0. The van der Waals surface area contributed by atoms with E-state index in [2.05, 4.69) is 34.7 Å². The Morgan fingerprint density at radius 1 is 0.328 bits per heavy atom. The Kier molecular flexibility index (Phi) is 33.9. The van der Waals surface area contributed by atoms with Crippen molar-refractivity contribution in [2.24, 2.45) is 30.0 Å². The minimum atomic E-state index is -0.954. The van der Waals surface area contributed by atoms with Gasteiger partial charge in [-0.3, -0.25) is 49.1 Å². The number of alkyl halides is 1. The number of aliphatic imine (C=N–C) groups is 6. The van der Waals surface area contributed by atoms with Crippen LogP contribution in [0.2, 0.25) is 0 Å². The van der Waals surface area contributed by atoms with Crippen molar-refractivity contribution in [1.29, 1.82) is 0 Å². The second-order valence-corrected chi connectivity index (χ2v) is 24.9. The van der Waals surface area contributed by atoms with Crippen LogP contribution in [-0.2, 0) is 38.1 Å². The summed E-state index contributed by atoms with van der Waals surface area (Å²) < 4.78 is 39.2. The van der Waals surface area contributed by atoms with Gasteiger partial charge in [-0.1, -0.05) is 48.5 Å². The molecule has 3 aliphatic heterocycles. The van der Waals surface area contributed by atoms with Crippen molar-refractivity contribution in [3.05, 3.63) is 328 Å². The number of nitrogens with two attached hydrogens (primary N) is 2. The average molecular weight is 1580 g/mol. The third-order valence-electron chi connectivity index (χ3n) is 15.8. The van der Waals surface area contributed by atoms with E-state index in [1.165, 1.54) is 0 Å². The van der Waals surface area contributed by atoms with E-state index in [0.717, 1.165) is 91.8 Å². The minimum absolute atomic E-state index is 0.0500. The first-order chi connectivity index (χ1) is 56.5. The van der Waals surface area contributed by atoms with Gasteiger partial charge in [-0.25, -0.2) is 19.2 Å². The van der Waals surface area contributed by atoms with Crippen LogP contribution in [0.1, 0.15) is 85.2 Å². The zero-order valence-corrected chi connectivity index (χ0v) is 62.5. The van der Waals surface area contributed by atoms with E-state index in [4.69, 9.17) is 66.4 Å². The zero-order valence-electron chi connectivity index (χ0n) is 61.8. The van der Waals surface area contributed by atoms with Crippen molar-refractivity contribution in [1.82, 2.24) is 0 Å². The van der Waals surface area contributed by atoms with Crippen molar-refractivity contribution in [3.63, 3.8) is 0 Å². The lowest BCUT2D eigenvalue weighted by atomic mass is 10.1. The Hall–Kier alpha value is -14.8. The number of carbonyl (C=O) groups excluding carboxylic acids is 6. The number of rotatable bonds is 28. The van der Waals surface area contributed by atoms with Crippen LogP contribution >= 0.6 is 11.6 Å². The maximum absolute atomic E-state index is 12.0. The van der Waals surface area contributed by atoms with E-state index >= 15 is 0 Å². The Bertz CT molecular complexity index is 4890.